The lowest BCUT2D eigenvalue weighted by Crippen LogP contribution is -2.57. The Kier molecular flexibility index (Phi) is 6.30. The zero-order valence-corrected chi connectivity index (χ0v) is 17.5. The Morgan fingerprint density at radius 2 is 1.81 bits per heavy atom. The lowest BCUT2D eigenvalue weighted by atomic mass is 9.70. The van der Waals surface area contributed by atoms with Crippen LogP contribution in [0.15, 0.2) is 42.5 Å². The predicted molar refractivity (Wildman–Crippen MR) is 109 cm³/mol. The highest BCUT2D eigenvalue weighted by Crippen LogP contribution is 2.44. The summed E-state index contributed by atoms with van der Waals surface area (Å²) in [4.78, 5) is 0. The number of halogens is 2. The molecule has 1 saturated carbocycles. The normalized spacial score (nSPS) is 26.2. The molecule has 1 spiro atoms. The zero-order valence-electron chi connectivity index (χ0n) is 17.5. The molecule has 2 aromatic carbocycles. The van der Waals surface area contributed by atoms with Gasteiger partial charge < -0.3 is 24.4 Å². The quantitative estimate of drug-likeness (QED) is 0.725. The second-order valence-corrected chi connectivity index (χ2v) is 8.57. The van der Waals surface area contributed by atoms with Crippen molar-refractivity contribution < 1.29 is 33.2 Å². The Bertz CT molecular complexity index is 900. The van der Waals surface area contributed by atoms with E-state index in [1.165, 1.54) is 0 Å². The lowest BCUT2D eigenvalue weighted by Gasteiger charge is -2.47. The molecule has 0 amide bonds. The van der Waals surface area contributed by atoms with Gasteiger partial charge in [0.1, 0.15) is 12.4 Å². The monoisotopic (exact) mass is 434 g/mol. The summed E-state index contributed by atoms with van der Waals surface area (Å²) in [6, 6.07) is 11.4. The van der Waals surface area contributed by atoms with Gasteiger partial charge in [-0.05, 0) is 36.0 Å². The van der Waals surface area contributed by atoms with Crippen LogP contribution < -0.4 is 4.74 Å². The number of aliphatic hydroxyl groups excluding tert-OH is 1. The summed E-state index contributed by atoms with van der Waals surface area (Å²) in [5.41, 5.74) is -0.459. The maximum atomic E-state index is 14.7. The summed E-state index contributed by atoms with van der Waals surface area (Å²) in [6.07, 6.45) is -0.178. The molecular formula is C24H28F2O5. The van der Waals surface area contributed by atoms with Crippen molar-refractivity contribution >= 4 is 0 Å². The maximum Gasteiger partial charge on any atom is 0.171 e. The average Bonchev–Trinajstić information content (AvgIpc) is 3.21. The predicted octanol–water partition coefficient (Wildman–Crippen LogP) is 3.74. The molecule has 0 aromatic heterocycles. The fraction of sp³-hybridized carbons (Fsp3) is 0.500. The first kappa shape index (κ1) is 22.1. The second-order valence-electron chi connectivity index (χ2n) is 8.57. The third-order valence-corrected chi connectivity index (χ3v) is 6.52. The second kappa shape index (κ2) is 8.82. The van der Waals surface area contributed by atoms with E-state index in [2.05, 4.69) is 0 Å². The zero-order chi connectivity index (χ0) is 22.1. The van der Waals surface area contributed by atoms with E-state index in [9.17, 15) is 19.0 Å². The van der Waals surface area contributed by atoms with E-state index in [4.69, 9.17) is 14.2 Å². The topological polar surface area (TPSA) is 68.2 Å². The van der Waals surface area contributed by atoms with Gasteiger partial charge in [-0.3, -0.25) is 0 Å². The van der Waals surface area contributed by atoms with Gasteiger partial charge >= 0.3 is 0 Å². The third-order valence-electron chi connectivity index (χ3n) is 6.52. The van der Waals surface area contributed by atoms with Gasteiger partial charge in [-0.1, -0.05) is 37.3 Å². The molecule has 2 N–H and O–H groups in total. The summed E-state index contributed by atoms with van der Waals surface area (Å²) in [5, 5.41) is 21.8. The molecule has 0 radical (unpaired) electrons. The van der Waals surface area contributed by atoms with Crippen LogP contribution in [0.25, 0.3) is 0 Å². The first-order valence-electron chi connectivity index (χ1n) is 10.6. The van der Waals surface area contributed by atoms with E-state index >= 15 is 0 Å². The highest BCUT2D eigenvalue weighted by atomic mass is 19.1. The van der Waals surface area contributed by atoms with Crippen molar-refractivity contribution in [2.24, 2.45) is 5.92 Å². The summed E-state index contributed by atoms with van der Waals surface area (Å²) < 4.78 is 46.0. The molecule has 3 atom stereocenters. The Hall–Kier alpha value is -2.06. The van der Waals surface area contributed by atoms with Crippen molar-refractivity contribution in [3.05, 3.63) is 65.2 Å². The summed E-state index contributed by atoms with van der Waals surface area (Å²) in [6.45, 7) is 2.79. The van der Waals surface area contributed by atoms with Gasteiger partial charge in [0.15, 0.2) is 17.4 Å². The fourth-order valence-electron chi connectivity index (χ4n) is 4.54. The molecule has 1 heterocycles. The molecular weight excluding hydrogens is 406 g/mol. The lowest BCUT2D eigenvalue weighted by molar-refractivity contribution is -0.246. The molecule has 2 fully saturated rings. The summed E-state index contributed by atoms with van der Waals surface area (Å²) >= 11 is 0. The third kappa shape index (κ3) is 4.60. The molecule has 31 heavy (non-hydrogen) atoms. The van der Waals surface area contributed by atoms with Crippen molar-refractivity contribution in [2.45, 2.75) is 56.7 Å². The van der Waals surface area contributed by atoms with E-state index in [0.717, 1.165) is 17.7 Å². The molecule has 1 aliphatic heterocycles. The molecule has 0 bridgehead atoms. The number of benzene rings is 2. The fourth-order valence-corrected chi connectivity index (χ4v) is 4.54. The van der Waals surface area contributed by atoms with Crippen LogP contribution in [0.2, 0.25) is 0 Å². The van der Waals surface area contributed by atoms with Crippen LogP contribution in [0.3, 0.4) is 0 Å². The minimum Gasteiger partial charge on any atom is -0.486 e. The Morgan fingerprint density at radius 3 is 2.48 bits per heavy atom. The van der Waals surface area contributed by atoms with Crippen LogP contribution in [0.1, 0.15) is 37.3 Å². The van der Waals surface area contributed by atoms with E-state index in [-0.39, 0.29) is 37.2 Å². The first-order valence-corrected chi connectivity index (χ1v) is 10.6. The molecule has 168 valence electrons. The highest BCUT2D eigenvalue weighted by molar-refractivity contribution is 5.32. The molecule has 4 rings (SSSR count). The molecule has 7 heteroatoms. The van der Waals surface area contributed by atoms with E-state index in [1.54, 1.807) is 6.92 Å². The Morgan fingerprint density at radius 1 is 1.10 bits per heavy atom. The molecule has 1 unspecified atom stereocenters. The van der Waals surface area contributed by atoms with Crippen LogP contribution >= 0.6 is 0 Å². The van der Waals surface area contributed by atoms with Crippen LogP contribution in [-0.4, -0.2) is 40.9 Å². The molecule has 5 nitrogen and oxygen atoms in total. The van der Waals surface area contributed by atoms with E-state index < -0.39 is 35.0 Å². The number of aliphatic hydroxyl groups is 2. The SMILES string of the molecule is CC(Cc1cc(F)c(OCc2ccccc2)cc1F)[C@]1(O)CCC2(C[C@H]1O)OCCO2. The number of rotatable bonds is 6. The first-order chi connectivity index (χ1) is 14.8. The maximum absolute atomic E-state index is 14.7. The minimum absolute atomic E-state index is 0.0734. The van der Waals surface area contributed by atoms with Crippen LogP contribution in [0.4, 0.5) is 8.78 Å². The van der Waals surface area contributed by atoms with Gasteiger partial charge in [-0.15, -0.1) is 0 Å². The van der Waals surface area contributed by atoms with Crippen molar-refractivity contribution in [1.82, 2.24) is 0 Å². The van der Waals surface area contributed by atoms with Gasteiger partial charge in [-0.25, -0.2) is 8.78 Å². The van der Waals surface area contributed by atoms with Crippen molar-refractivity contribution in [3.8, 4) is 5.75 Å². The van der Waals surface area contributed by atoms with Crippen molar-refractivity contribution in [1.29, 1.82) is 0 Å². The van der Waals surface area contributed by atoms with Gasteiger partial charge in [-0.2, -0.15) is 0 Å². The summed E-state index contributed by atoms with van der Waals surface area (Å²) in [5.74, 6) is -2.79. The number of hydrogen-bond donors (Lipinski definition) is 2. The van der Waals surface area contributed by atoms with Crippen LogP contribution in [-0.2, 0) is 22.5 Å². The number of hydrogen-bond acceptors (Lipinski definition) is 5. The van der Waals surface area contributed by atoms with E-state index in [0.29, 0.717) is 19.6 Å². The Labute approximate surface area is 180 Å². The molecule has 1 saturated heterocycles. The average molecular weight is 434 g/mol. The van der Waals surface area contributed by atoms with Crippen LogP contribution in [0, 0.1) is 17.6 Å². The van der Waals surface area contributed by atoms with Crippen molar-refractivity contribution in [2.75, 3.05) is 13.2 Å². The molecule has 1 aliphatic carbocycles. The highest BCUT2D eigenvalue weighted by Gasteiger charge is 2.53. The van der Waals surface area contributed by atoms with Gasteiger partial charge in [0, 0.05) is 18.9 Å². The van der Waals surface area contributed by atoms with E-state index in [1.807, 2.05) is 30.3 Å². The minimum atomic E-state index is -1.44. The number of ether oxygens (including phenoxy) is 3. The van der Waals surface area contributed by atoms with Crippen LogP contribution in [0.5, 0.6) is 5.75 Å². The Balaban J connectivity index is 1.43. The van der Waals surface area contributed by atoms with Gasteiger partial charge in [0.25, 0.3) is 0 Å². The standard InChI is InChI=1S/C24H28F2O5/c1-16(24(28)8-7-23(14-22(24)27)30-9-10-31-23)11-18-12-20(26)21(13-19(18)25)29-15-17-5-3-2-4-6-17/h2-6,12-13,16,22,27-28H,7-11,14-15H2,1H3/t16?,22-,24-/m1/s1. The van der Waals surface area contributed by atoms with Gasteiger partial charge in [0.05, 0.1) is 24.9 Å². The summed E-state index contributed by atoms with van der Waals surface area (Å²) in [7, 11) is 0. The molecule has 2 aromatic rings. The largest absolute Gasteiger partial charge is 0.486 e. The van der Waals surface area contributed by atoms with Gasteiger partial charge in [0.2, 0.25) is 0 Å². The van der Waals surface area contributed by atoms with Crippen molar-refractivity contribution in [3.63, 3.8) is 0 Å². The molecule has 2 aliphatic rings. The smallest absolute Gasteiger partial charge is 0.171 e.